The number of nitro benzene ring substituents is 1. The molecular formula is C12H16N2O3. The Bertz CT molecular complexity index is 459. The Hall–Kier alpha value is -1.62. The first-order chi connectivity index (χ1) is 8.04. The standard InChI is InChI=1S/C12H16N2O3/c1-8-10-7-11(14(15)16)12(17-3)6-9(10)4-5-13(8)2/h6-8H,4-5H2,1-3H3/t8-/m1/s1. The van der Waals surface area contributed by atoms with Gasteiger partial charge in [0.25, 0.3) is 0 Å². The lowest BCUT2D eigenvalue weighted by Gasteiger charge is -2.32. The van der Waals surface area contributed by atoms with Crippen molar-refractivity contribution < 1.29 is 9.66 Å². The number of ether oxygens (including phenoxy) is 1. The van der Waals surface area contributed by atoms with E-state index in [0.717, 1.165) is 24.1 Å². The minimum atomic E-state index is -0.388. The number of rotatable bonds is 2. The maximum Gasteiger partial charge on any atom is 0.311 e. The van der Waals surface area contributed by atoms with Gasteiger partial charge in [0.2, 0.25) is 0 Å². The van der Waals surface area contributed by atoms with Crippen LogP contribution in [0.1, 0.15) is 24.1 Å². The summed E-state index contributed by atoms with van der Waals surface area (Å²) in [7, 11) is 3.50. The van der Waals surface area contributed by atoms with E-state index in [-0.39, 0.29) is 16.7 Å². The number of nitrogens with zero attached hydrogens (tertiary/aromatic N) is 2. The van der Waals surface area contributed by atoms with E-state index >= 15 is 0 Å². The van der Waals surface area contributed by atoms with Gasteiger partial charge in [0.1, 0.15) is 0 Å². The Balaban J connectivity index is 2.55. The lowest BCUT2D eigenvalue weighted by Crippen LogP contribution is -2.30. The highest BCUT2D eigenvalue weighted by Crippen LogP contribution is 2.36. The Labute approximate surface area is 100 Å². The van der Waals surface area contributed by atoms with Crippen molar-refractivity contribution in [1.29, 1.82) is 0 Å². The van der Waals surface area contributed by atoms with Crippen LogP contribution in [0.4, 0.5) is 5.69 Å². The molecule has 1 aliphatic rings. The summed E-state index contributed by atoms with van der Waals surface area (Å²) in [5, 5.41) is 11.0. The van der Waals surface area contributed by atoms with Gasteiger partial charge in [-0.1, -0.05) is 0 Å². The van der Waals surface area contributed by atoms with Crippen molar-refractivity contribution in [3.8, 4) is 5.75 Å². The molecule has 0 aromatic heterocycles. The second-order valence-corrected chi connectivity index (χ2v) is 4.39. The predicted octanol–water partition coefficient (Wildman–Crippen LogP) is 2.15. The van der Waals surface area contributed by atoms with E-state index in [0.29, 0.717) is 5.75 Å². The van der Waals surface area contributed by atoms with E-state index in [1.807, 2.05) is 7.05 Å². The number of hydrogen-bond donors (Lipinski definition) is 0. The molecule has 1 heterocycles. The number of hydrogen-bond acceptors (Lipinski definition) is 4. The van der Waals surface area contributed by atoms with Crippen molar-refractivity contribution >= 4 is 5.69 Å². The highest BCUT2D eigenvalue weighted by atomic mass is 16.6. The minimum Gasteiger partial charge on any atom is -0.490 e. The van der Waals surface area contributed by atoms with Crippen LogP contribution in [-0.2, 0) is 6.42 Å². The fourth-order valence-electron chi connectivity index (χ4n) is 2.27. The van der Waals surface area contributed by atoms with Gasteiger partial charge in [0, 0.05) is 18.7 Å². The summed E-state index contributed by atoms with van der Waals surface area (Å²) in [6.45, 7) is 3.03. The van der Waals surface area contributed by atoms with E-state index in [1.54, 1.807) is 12.1 Å². The molecule has 92 valence electrons. The summed E-state index contributed by atoms with van der Waals surface area (Å²) in [4.78, 5) is 12.8. The molecule has 0 fully saturated rings. The summed E-state index contributed by atoms with van der Waals surface area (Å²) in [6.07, 6.45) is 0.907. The first kappa shape index (κ1) is 11.9. The molecule has 0 N–H and O–H groups in total. The molecule has 0 bridgehead atoms. The first-order valence-corrected chi connectivity index (χ1v) is 5.60. The van der Waals surface area contributed by atoms with E-state index < -0.39 is 0 Å². The molecule has 5 heteroatoms. The zero-order chi connectivity index (χ0) is 12.6. The topological polar surface area (TPSA) is 55.6 Å². The second kappa shape index (κ2) is 4.33. The molecule has 0 unspecified atom stereocenters. The van der Waals surface area contributed by atoms with E-state index in [1.165, 1.54) is 7.11 Å². The summed E-state index contributed by atoms with van der Waals surface area (Å²) in [5.41, 5.74) is 2.23. The maximum absolute atomic E-state index is 11.0. The Kier molecular flexibility index (Phi) is 3.02. The normalized spacial score (nSPS) is 19.8. The highest BCUT2D eigenvalue weighted by molar-refractivity contribution is 5.53. The highest BCUT2D eigenvalue weighted by Gasteiger charge is 2.26. The lowest BCUT2D eigenvalue weighted by molar-refractivity contribution is -0.385. The summed E-state index contributed by atoms with van der Waals surface area (Å²) in [5.74, 6) is 0.352. The molecule has 2 rings (SSSR count). The average molecular weight is 236 g/mol. The molecule has 17 heavy (non-hydrogen) atoms. The Morgan fingerprint density at radius 3 is 2.82 bits per heavy atom. The van der Waals surface area contributed by atoms with Crippen molar-refractivity contribution in [3.05, 3.63) is 33.4 Å². The lowest BCUT2D eigenvalue weighted by atomic mass is 9.93. The molecule has 0 amide bonds. The summed E-state index contributed by atoms with van der Waals surface area (Å²) >= 11 is 0. The van der Waals surface area contributed by atoms with Crippen LogP contribution in [0.5, 0.6) is 5.75 Å². The average Bonchev–Trinajstić information content (AvgIpc) is 2.32. The molecule has 0 saturated carbocycles. The van der Waals surface area contributed by atoms with Gasteiger partial charge in [0.15, 0.2) is 5.75 Å². The van der Waals surface area contributed by atoms with Crippen LogP contribution in [-0.4, -0.2) is 30.5 Å². The molecular weight excluding hydrogens is 220 g/mol. The largest absolute Gasteiger partial charge is 0.490 e. The summed E-state index contributed by atoms with van der Waals surface area (Å²) < 4.78 is 5.08. The number of fused-ring (bicyclic) bond motifs is 1. The third-order valence-corrected chi connectivity index (χ3v) is 3.48. The molecule has 1 aliphatic heterocycles. The van der Waals surface area contributed by atoms with Gasteiger partial charge in [0.05, 0.1) is 12.0 Å². The van der Waals surface area contributed by atoms with E-state index in [9.17, 15) is 10.1 Å². The molecule has 0 radical (unpaired) electrons. The van der Waals surface area contributed by atoms with Gasteiger partial charge in [-0.2, -0.15) is 0 Å². The molecule has 0 saturated heterocycles. The molecule has 0 spiro atoms. The number of likely N-dealkylation sites (N-methyl/N-ethyl adjacent to an activating group) is 1. The van der Waals surface area contributed by atoms with Gasteiger partial charge in [-0.15, -0.1) is 0 Å². The smallest absolute Gasteiger partial charge is 0.311 e. The fourth-order valence-corrected chi connectivity index (χ4v) is 2.27. The van der Waals surface area contributed by atoms with Gasteiger partial charge < -0.3 is 4.74 Å². The maximum atomic E-state index is 11.0. The van der Waals surface area contributed by atoms with Crippen molar-refractivity contribution in [3.63, 3.8) is 0 Å². The van der Waals surface area contributed by atoms with Gasteiger partial charge in [-0.05, 0) is 37.6 Å². The molecule has 0 aliphatic carbocycles. The third kappa shape index (κ3) is 1.98. The SMILES string of the molecule is COc1cc2c(cc1[N+](=O)[O-])[C@@H](C)N(C)CC2. The predicted molar refractivity (Wildman–Crippen MR) is 64.4 cm³/mol. The van der Waals surface area contributed by atoms with Crippen molar-refractivity contribution in [2.45, 2.75) is 19.4 Å². The number of benzene rings is 1. The first-order valence-electron chi connectivity index (χ1n) is 5.60. The van der Waals surface area contributed by atoms with Gasteiger partial charge in [-0.25, -0.2) is 0 Å². The van der Waals surface area contributed by atoms with Crippen molar-refractivity contribution in [2.24, 2.45) is 0 Å². The summed E-state index contributed by atoms with van der Waals surface area (Å²) in [6, 6.07) is 3.66. The van der Waals surface area contributed by atoms with Crippen LogP contribution >= 0.6 is 0 Å². The fraction of sp³-hybridized carbons (Fsp3) is 0.500. The molecule has 1 aromatic rings. The van der Waals surface area contributed by atoms with E-state index in [4.69, 9.17) is 4.74 Å². The Morgan fingerprint density at radius 1 is 1.53 bits per heavy atom. The molecule has 5 nitrogen and oxygen atoms in total. The van der Waals surface area contributed by atoms with Crippen LogP contribution in [0.15, 0.2) is 12.1 Å². The van der Waals surface area contributed by atoms with Crippen molar-refractivity contribution in [1.82, 2.24) is 4.90 Å². The zero-order valence-corrected chi connectivity index (χ0v) is 10.3. The van der Waals surface area contributed by atoms with Gasteiger partial charge in [-0.3, -0.25) is 15.0 Å². The van der Waals surface area contributed by atoms with Crippen LogP contribution < -0.4 is 4.74 Å². The molecule has 1 aromatic carbocycles. The zero-order valence-electron chi connectivity index (χ0n) is 10.3. The monoisotopic (exact) mass is 236 g/mol. The van der Waals surface area contributed by atoms with E-state index in [2.05, 4.69) is 11.8 Å². The van der Waals surface area contributed by atoms with Crippen LogP contribution in [0.3, 0.4) is 0 Å². The van der Waals surface area contributed by atoms with Crippen LogP contribution in [0.2, 0.25) is 0 Å². The quantitative estimate of drug-likeness (QED) is 0.583. The van der Waals surface area contributed by atoms with Gasteiger partial charge >= 0.3 is 5.69 Å². The number of methoxy groups -OCH3 is 1. The minimum absolute atomic E-state index is 0.0494. The molecule has 1 atom stereocenters. The van der Waals surface area contributed by atoms with Crippen molar-refractivity contribution in [2.75, 3.05) is 20.7 Å². The third-order valence-electron chi connectivity index (χ3n) is 3.48. The van der Waals surface area contributed by atoms with Crippen LogP contribution in [0, 0.1) is 10.1 Å². The second-order valence-electron chi connectivity index (χ2n) is 4.39. The Morgan fingerprint density at radius 2 is 2.24 bits per heavy atom. The number of nitro groups is 1. The van der Waals surface area contributed by atoms with Crippen LogP contribution in [0.25, 0.3) is 0 Å².